The van der Waals surface area contributed by atoms with Crippen LogP contribution >= 0.6 is 0 Å². The van der Waals surface area contributed by atoms with Crippen LogP contribution in [0.15, 0.2) is 48.5 Å². The van der Waals surface area contributed by atoms with E-state index in [1.807, 2.05) is 0 Å². The van der Waals surface area contributed by atoms with Gasteiger partial charge in [-0.05, 0) is 44.5 Å². The zero-order valence-electron chi connectivity index (χ0n) is 14.9. The van der Waals surface area contributed by atoms with E-state index >= 15 is 0 Å². The van der Waals surface area contributed by atoms with Crippen molar-refractivity contribution in [3.05, 3.63) is 70.9 Å². The molecule has 2 aromatic carbocycles. The molecule has 1 atom stereocenters. The summed E-state index contributed by atoms with van der Waals surface area (Å²) in [6.07, 6.45) is 2.24. The molecule has 2 nitrogen and oxygen atoms in total. The number of rotatable bonds is 3. The second-order valence-corrected chi connectivity index (χ2v) is 7.30. The summed E-state index contributed by atoms with van der Waals surface area (Å²) in [6, 6.07) is 18.4. The Balaban J connectivity index is 1.73. The maximum Gasteiger partial charge on any atom is 0.0486 e. The molecule has 24 heavy (non-hydrogen) atoms. The fourth-order valence-corrected chi connectivity index (χ4v) is 4.04. The van der Waals surface area contributed by atoms with Gasteiger partial charge in [0.05, 0.1) is 0 Å². The minimum absolute atomic E-state index is 0.611. The van der Waals surface area contributed by atoms with Crippen molar-refractivity contribution in [3.63, 3.8) is 0 Å². The molecule has 0 amide bonds. The van der Waals surface area contributed by atoms with Gasteiger partial charge in [-0.3, -0.25) is 4.90 Å². The minimum Gasteiger partial charge on any atom is -0.344 e. The third-order valence-corrected chi connectivity index (χ3v) is 5.55. The summed E-state index contributed by atoms with van der Waals surface area (Å²) in [5.74, 6) is 0. The molecule has 4 rings (SSSR count). The van der Waals surface area contributed by atoms with Gasteiger partial charge in [0.15, 0.2) is 0 Å². The quantitative estimate of drug-likeness (QED) is 0.687. The van der Waals surface area contributed by atoms with Crippen molar-refractivity contribution in [2.45, 2.75) is 45.8 Å². The maximum atomic E-state index is 2.58. The van der Waals surface area contributed by atoms with E-state index in [9.17, 15) is 0 Å². The maximum absolute atomic E-state index is 2.58. The van der Waals surface area contributed by atoms with E-state index in [-0.39, 0.29) is 0 Å². The van der Waals surface area contributed by atoms with Gasteiger partial charge in [0, 0.05) is 42.1 Å². The average Bonchev–Trinajstić information content (AvgIpc) is 2.87. The highest BCUT2D eigenvalue weighted by molar-refractivity contribution is 5.85. The van der Waals surface area contributed by atoms with Crippen LogP contribution < -0.4 is 0 Å². The number of benzene rings is 2. The predicted octanol–water partition coefficient (Wildman–Crippen LogP) is 4.57. The summed E-state index contributed by atoms with van der Waals surface area (Å²) in [7, 11) is 2.24. The Morgan fingerprint density at radius 1 is 1.08 bits per heavy atom. The molecule has 0 spiro atoms. The van der Waals surface area contributed by atoms with Crippen LogP contribution in [0.25, 0.3) is 10.9 Å². The fraction of sp³-hybridized carbons (Fsp3) is 0.364. The van der Waals surface area contributed by atoms with Crippen LogP contribution in [0, 0.1) is 6.92 Å². The number of nitrogens with zero attached hydrogens (tertiary/aromatic N) is 2. The number of para-hydroxylation sites is 1. The molecule has 1 aliphatic rings. The summed E-state index contributed by atoms with van der Waals surface area (Å²) < 4.78 is 2.58. The van der Waals surface area contributed by atoms with Crippen LogP contribution in [0.2, 0.25) is 0 Å². The molecule has 0 N–H and O–H groups in total. The van der Waals surface area contributed by atoms with E-state index in [2.05, 4.69) is 78.9 Å². The van der Waals surface area contributed by atoms with Crippen molar-refractivity contribution in [1.29, 1.82) is 0 Å². The van der Waals surface area contributed by atoms with Crippen molar-refractivity contribution in [2.75, 3.05) is 7.05 Å². The minimum atomic E-state index is 0.611. The highest BCUT2D eigenvalue weighted by atomic mass is 15.1. The number of aryl methyl sites for hydroxylation is 3. The second-order valence-electron chi connectivity index (χ2n) is 7.30. The molecule has 0 saturated heterocycles. The molecule has 2 heterocycles. The first kappa shape index (κ1) is 15.5. The Morgan fingerprint density at radius 3 is 2.75 bits per heavy atom. The van der Waals surface area contributed by atoms with E-state index in [0.29, 0.717) is 6.04 Å². The molecule has 1 aromatic heterocycles. The molecular formula is C22H26N2. The number of hydrogen-bond donors (Lipinski definition) is 0. The van der Waals surface area contributed by atoms with E-state index < -0.39 is 0 Å². The summed E-state index contributed by atoms with van der Waals surface area (Å²) in [4.78, 5) is 2.47. The lowest BCUT2D eigenvalue weighted by Crippen LogP contribution is -2.35. The lowest BCUT2D eigenvalue weighted by Gasteiger charge is -2.31. The van der Waals surface area contributed by atoms with Crippen LogP contribution in [0.5, 0.6) is 0 Å². The molecule has 124 valence electrons. The third-order valence-electron chi connectivity index (χ3n) is 5.55. The van der Waals surface area contributed by atoms with Crippen LogP contribution in [-0.4, -0.2) is 22.6 Å². The first-order chi connectivity index (χ1) is 11.6. The van der Waals surface area contributed by atoms with Gasteiger partial charge < -0.3 is 4.57 Å². The molecule has 3 aromatic rings. The van der Waals surface area contributed by atoms with Crippen molar-refractivity contribution >= 4 is 10.9 Å². The number of hydrogen-bond acceptors (Lipinski definition) is 1. The van der Waals surface area contributed by atoms with Gasteiger partial charge in [0.1, 0.15) is 0 Å². The third kappa shape index (κ3) is 2.65. The van der Waals surface area contributed by atoms with Crippen LogP contribution in [-0.2, 0) is 25.9 Å². The van der Waals surface area contributed by atoms with E-state index in [4.69, 9.17) is 0 Å². The standard InChI is InChI=1S/C22H26N2/c1-16-7-6-8-18(13-16)11-12-24-21-10-5-4-9-19(21)20-15-23(3)17(2)14-22(20)24/h4-10,13,17H,11-12,14-15H2,1-3H3. The largest absolute Gasteiger partial charge is 0.344 e. The topological polar surface area (TPSA) is 8.17 Å². The number of aromatic nitrogens is 1. The Kier molecular flexibility index (Phi) is 3.93. The van der Waals surface area contributed by atoms with Gasteiger partial charge >= 0.3 is 0 Å². The smallest absolute Gasteiger partial charge is 0.0486 e. The number of likely N-dealkylation sites (N-methyl/N-ethyl adjacent to an activating group) is 1. The van der Waals surface area contributed by atoms with Gasteiger partial charge in [0.2, 0.25) is 0 Å². The van der Waals surface area contributed by atoms with Crippen LogP contribution in [0.4, 0.5) is 0 Å². The zero-order chi connectivity index (χ0) is 16.7. The summed E-state index contributed by atoms with van der Waals surface area (Å²) >= 11 is 0. The van der Waals surface area contributed by atoms with Crippen molar-refractivity contribution < 1.29 is 0 Å². The van der Waals surface area contributed by atoms with Crippen molar-refractivity contribution in [3.8, 4) is 0 Å². The van der Waals surface area contributed by atoms with E-state index in [1.54, 1.807) is 5.69 Å². The predicted molar refractivity (Wildman–Crippen MR) is 101 cm³/mol. The van der Waals surface area contributed by atoms with Gasteiger partial charge in [0.25, 0.3) is 0 Å². The lowest BCUT2D eigenvalue weighted by atomic mass is 10.00. The van der Waals surface area contributed by atoms with Gasteiger partial charge in [-0.25, -0.2) is 0 Å². The first-order valence-electron chi connectivity index (χ1n) is 8.98. The summed E-state index contributed by atoms with van der Waals surface area (Å²) in [5.41, 5.74) is 7.27. The zero-order valence-corrected chi connectivity index (χ0v) is 14.9. The van der Waals surface area contributed by atoms with Crippen LogP contribution in [0.1, 0.15) is 29.3 Å². The SMILES string of the molecule is Cc1cccc(CCn2c3c(c4ccccc42)CN(C)C(C)C3)c1. The molecular weight excluding hydrogens is 292 g/mol. The van der Waals surface area contributed by atoms with Crippen LogP contribution in [0.3, 0.4) is 0 Å². The molecule has 2 heteroatoms. The molecule has 1 aliphatic heterocycles. The molecule has 0 saturated carbocycles. The highest BCUT2D eigenvalue weighted by Gasteiger charge is 2.26. The van der Waals surface area contributed by atoms with Crippen molar-refractivity contribution in [1.82, 2.24) is 9.47 Å². The van der Waals surface area contributed by atoms with E-state index in [1.165, 1.54) is 27.6 Å². The monoisotopic (exact) mass is 318 g/mol. The Bertz CT molecular complexity index is 875. The average molecular weight is 318 g/mol. The highest BCUT2D eigenvalue weighted by Crippen LogP contribution is 2.32. The molecule has 0 fully saturated rings. The first-order valence-corrected chi connectivity index (χ1v) is 8.98. The summed E-state index contributed by atoms with van der Waals surface area (Å²) in [6.45, 7) is 6.64. The molecule has 0 aliphatic carbocycles. The second kappa shape index (κ2) is 6.10. The Labute approximate surface area is 144 Å². The van der Waals surface area contributed by atoms with E-state index in [0.717, 1.165) is 25.9 Å². The molecule has 0 radical (unpaired) electrons. The van der Waals surface area contributed by atoms with Gasteiger partial charge in [-0.1, -0.05) is 48.0 Å². The fourth-order valence-electron chi connectivity index (χ4n) is 4.04. The van der Waals surface area contributed by atoms with Gasteiger partial charge in [-0.2, -0.15) is 0 Å². The Hall–Kier alpha value is -2.06. The normalized spacial score (nSPS) is 18.0. The number of fused-ring (bicyclic) bond motifs is 3. The Morgan fingerprint density at radius 2 is 1.92 bits per heavy atom. The summed E-state index contributed by atoms with van der Waals surface area (Å²) in [5, 5.41) is 1.44. The van der Waals surface area contributed by atoms with Gasteiger partial charge in [-0.15, -0.1) is 0 Å². The molecule has 0 bridgehead atoms. The molecule has 1 unspecified atom stereocenters. The van der Waals surface area contributed by atoms with Crippen molar-refractivity contribution in [2.24, 2.45) is 0 Å². The lowest BCUT2D eigenvalue weighted by molar-refractivity contribution is 0.228.